The van der Waals surface area contributed by atoms with Crippen molar-refractivity contribution < 1.29 is 13.9 Å². The number of aryl methyl sites for hydroxylation is 1. The third kappa shape index (κ3) is 3.65. The van der Waals surface area contributed by atoms with E-state index in [9.17, 15) is 14.0 Å². The van der Waals surface area contributed by atoms with E-state index in [2.05, 4.69) is 15.3 Å². The van der Waals surface area contributed by atoms with Crippen LogP contribution in [0.4, 0.5) is 10.1 Å². The number of benzene rings is 2. The number of rotatable bonds is 5. The lowest BCUT2D eigenvalue weighted by atomic mass is 10.1. The maximum Gasteiger partial charge on any atom is 0.258 e. The Balaban J connectivity index is 1.75. The SMILES string of the molecule is COc1ccccc1CCC(=O)Nc1cc2c(=O)[nH]cnc2cc1F. The second-order valence-corrected chi connectivity index (χ2v) is 5.44. The van der Waals surface area contributed by atoms with Gasteiger partial charge in [-0.1, -0.05) is 18.2 Å². The fourth-order valence-electron chi connectivity index (χ4n) is 2.56. The van der Waals surface area contributed by atoms with Crippen LogP contribution in [0.3, 0.4) is 0 Å². The van der Waals surface area contributed by atoms with Crippen molar-refractivity contribution >= 4 is 22.5 Å². The minimum Gasteiger partial charge on any atom is -0.496 e. The van der Waals surface area contributed by atoms with Gasteiger partial charge >= 0.3 is 0 Å². The molecule has 0 unspecified atom stereocenters. The van der Waals surface area contributed by atoms with Crippen LogP contribution in [0.2, 0.25) is 0 Å². The zero-order valence-corrected chi connectivity index (χ0v) is 13.5. The van der Waals surface area contributed by atoms with E-state index in [-0.39, 0.29) is 28.9 Å². The van der Waals surface area contributed by atoms with Gasteiger partial charge in [-0.3, -0.25) is 9.59 Å². The summed E-state index contributed by atoms with van der Waals surface area (Å²) < 4.78 is 19.3. The van der Waals surface area contributed by atoms with Gasteiger partial charge in [-0.2, -0.15) is 0 Å². The molecule has 0 saturated carbocycles. The van der Waals surface area contributed by atoms with Crippen LogP contribution in [-0.4, -0.2) is 23.0 Å². The molecular weight excluding hydrogens is 325 g/mol. The minimum atomic E-state index is -0.642. The molecule has 0 atom stereocenters. The molecule has 2 aromatic carbocycles. The topological polar surface area (TPSA) is 84.1 Å². The second-order valence-electron chi connectivity index (χ2n) is 5.44. The van der Waals surface area contributed by atoms with Crippen molar-refractivity contribution in [1.82, 2.24) is 9.97 Å². The number of anilines is 1. The molecular formula is C18H16FN3O3. The number of fused-ring (bicyclic) bond motifs is 1. The Hall–Kier alpha value is -3.22. The summed E-state index contributed by atoms with van der Waals surface area (Å²) in [6.45, 7) is 0. The number of aromatic amines is 1. The number of hydrogen-bond donors (Lipinski definition) is 2. The lowest BCUT2D eigenvalue weighted by Crippen LogP contribution is -2.15. The van der Waals surface area contributed by atoms with E-state index in [1.807, 2.05) is 24.3 Å². The van der Waals surface area contributed by atoms with Crippen molar-refractivity contribution in [2.45, 2.75) is 12.8 Å². The van der Waals surface area contributed by atoms with Gasteiger partial charge in [0.1, 0.15) is 11.6 Å². The summed E-state index contributed by atoms with van der Waals surface area (Å²) in [5.41, 5.74) is 0.679. The molecule has 3 rings (SSSR count). The molecule has 6 nitrogen and oxygen atoms in total. The van der Waals surface area contributed by atoms with E-state index in [0.29, 0.717) is 12.2 Å². The normalized spacial score (nSPS) is 10.6. The van der Waals surface area contributed by atoms with E-state index in [4.69, 9.17) is 4.74 Å². The summed E-state index contributed by atoms with van der Waals surface area (Å²) in [7, 11) is 1.56. The quantitative estimate of drug-likeness (QED) is 0.747. The van der Waals surface area contributed by atoms with Gasteiger partial charge in [-0.25, -0.2) is 9.37 Å². The van der Waals surface area contributed by atoms with Gasteiger partial charge in [0.05, 0.1) is 30.0 Å². The van der Waals surface area contributed by atoms with Crippen molar-refractivity contribution in [3.63, 3.8) is 0 Å². The number of aromatic nitrogens is 2. The number of carbonyl (C=O) groups is 1. The minimum absolute atomic E-state index is 0.0453. The van der Waals surface area contributed by atoms with Crippen LogP contribution in [-0.2, 0) is 11.2 Å². The molecule has 7 heteroatoms. The third-order valence-electron chi connectivity index (χ3n) is 3.82. The Morgan fingerprint density at radius 3 is 2.92 bits per heavy atom. The number of amides is 1. The maximum absolute atomic E-state index is 14.1. The highest BCUT2D eigenvalue weighted by Crippen LogP contribution is 2.21. The molecule has 25 heavy (non-hydrogen) atoms. The number of para-hydroxylation sites is 1. The van der Waals surface area contributed by atoms with Crippen LogP contribution >= 0.6 is 0 Å². The molecule has 0 aliphatic rings. The number of carbonyl (C=O) groups excluding carboxylic acids is 1. The Morgan fingerprint density at radius 2 is 2.12 bits per heavy atom. The number of methoxy groups -OCH3 is 1. The Kier molecular flexibility index (Phi) is 4.74. The first-order valence-corrected chi connectivity index (χ1v) is 7.67. The van der Waals surface area contributed by atoms with Crippen molar-refractivity contribution in [3.05, 3.63) is 64.5 Å². The number of hydrogen-bond acceptors (Lipinski definition) is 4. The standard InChI is InChI=1S/C18H16FN3O3/c1-25-16-5-3-2-4-11(16)6-7-17(23)22-15-8-12-14(9-13(15)19)20-10-21-18(12)24/h2-5,8-10H,6-7H2,1H3,(H,22,23)(H,20,21,24). The Bertz CT molecular complexity index is 985. The van der Waals surface area contributed by atoms with Gasteiger partial charge in [0.25, 0.3) is 5.56 Å². The highest BCUT2D eigenvalue weighted by Gasteiger charge is 2.12. The molecule has 128 valence electrons. The van der Waals surface area contributed by atoms with Crippen molar-refractivity contribution in [2.24, 2.45) is 0 Å². The molecule has 0 spiro atoms. The van der Waals surface area contributed by atoms with E-state index in [0.717, 1.165) is 11.6 Å². The van der Waals surface area contributed by atoms with Gasteiger partial charge in [0.15, 0.2) is 0 Å². The summed E-state index contributed by atoms with van der Waals surface area (Å²) in [5, 5.41) is 2.71. The summed E-state index contributed by atoms with van der Waals surface area (Å²) in [5.74, 6) is -0.300. The first-order valence-electron chi connectivity index (χ1n) is 7.67. The van der Waals surface area contributed by atoms with Crippen LogP contribution in [0.1, 0.15) is 12.0 Å². The van der Waals surface area contributed by atoms with Gasteiger partial charge in [0, 0.05) is 12.5 Å². The predicted molar refractivity (Wildman–Crippen MR) is 92.3 cm³/mol. The fraction of sp³-hybridized carbons (Fsp3) is 0.167. The lowest BCUT2D eigenvalue weighted by Gasteiger charge is -2.09. The molecule has 1 aromatic heterocycles. The van der Waals surface area contributed by atoms with E-state index >= 15 is 0 Å². The highest BCUT2D eigenvalue weighted by atomic mass is 19.1. The van der Waals surface area contributed by atoms with Gasteiger partial charge < -0.3 is 15.0 Å². The van der Waals surface area contributed by atoms with Crippen LogP contribution in [0, 0.1) is 5.82 Å². The number of halogens is 1. The van der Waals surface area contributed by atoms with E-state index in [1.54, 1.807) is 7.11 Å². The molecule has 1 heterocycles. The third-order valence-corrected chi connectivity index (χ3v) is 3.82. The fourth-order valence-corrected chi connectivity index (χ4v) is 2.56. The number of ether oxygens (including phenoxy) is 1. The van der Waals surface area contributed by atoms with Crippen LogP contribution in [0.25, 0.3) is 10.9 Å². The monoisotopic (exact) mass is 341 g/mol. The van der Waals surface area contributed by atoms with Gasteiger partial charge in [-0.15, -0.1) is 0 Å². The van der Waals surface area contributed by atoms with Crippen LogP contribution < -0.4 is 15.6 Å². The van der Waals surface area contributed by atoms with Crippen LogP contribution in [0.15, 0.2) is 47.5 Å². The lowest BCUT2D eigenvalue weighted by molar-refractivity contribution is -0.116. The zero-order chi connectivity index (χ0) is 17.8. The first-order chi connectivity index (χ1) is 12.1. The summed E-state index contributed by atoms with van der Waals surface area (Å²) in [6.07, 6.45) is 1.81. The molecule has 0 saturated heterocycles. The smallest absolute Gasteiger partial charge is 0.258 e. The zero-order valence-electron chi connectivity index (χ0n) is 13.5. The highest BCUT2D eigenvalue weighted by molar-refractivity contribution is 5.93. The summed E-state index contributed by atoms with van der Waals surface area (Å²) in [4.78, 5) is 30.2. The molecule has 2 N–H and O–H groups in total. The molecule has 3 aromatic rings. The number of H-pyrrole nitrogens is 1. The predicted octanol–water partition coefficient (Wildman–Crippen LogP) is 2.64. The van der Waals surface area contributed by atoms with Gasteiger partial charge in [0.2, 0.25) is 5.91 Å². The van der Waals surface area contributed by atoms with E-state index in [1.165, 1.54) is 12.4 Å². The summed E-state index contributed by atoms with van der Waals surface area (Å²) in [6, 6.07) is 9.80. The van der Waals surface area contributed by atoms with Crippen LogP contribution in [0.5, 0.6) is 5.75 Å². The number of nitrogens with zero attached hydrogens (tertiary/aromatic N) is 1. The van der Waals surface area contributed by atoms with Gasteiger partial charge in [-0.05, 0) is 24.1 Å². The first kappa shape index (κ1) is 16.6. The Labute approximate surface area is 142 Å². The van der Waals surface area contributed by atoms with Crippen molar-refractivity contribution in [2.75, 3.05) is 12.4 Å². The van der Waals surface area contributed by atoms with E-state index < -0.39 is 11.4 Å². The molecule has 0 bridgehead atoms. The van der Waals surface area contributed by atoms with Crippen molar-refractivity contribution in [1.29, 1.82) is 0 Å². The van der Waals surface area contributed by atoms with Crippen molar-refractivity contribution in [3.8, 4) is 5.75 Å². The molecule has 0 fully saturated rings. The molecule has 1 amide bonds. The average molecular weight is 341 g/mol. The maximum atomic E-state index is 14.1. The largest absolute Gasteiger partial charge is 0.496 e. The molecule has 0 aliphatic heterocycles. The molecule has 0 radical (unpaired) electrons. The molecule has 0 aliphatic carbocycles. The summed E-state index contributed by atoms with van der Waals surface area (Å²) >= 11 is 0. The Morgan fingerprint density at radius 1 is 1.32 bits per heavy atom. The average Bonchev–Trinajstić information content (AvgIpc) is 2.61. The second kappa shape index (κ2) is 7.12. The number of nitrogens with one attached hydrogen (secondary N) is 2.